The Hall–Kier alpha value is -1.59. The first-order valence-corrected chi connectivity index (χ1v) is 8.99. The second-order valence-electron chi connectivity index (χ2n) is 5.78. The molecule has 1 aromatic carbocycles. The Bertz CT molecular complexity index is 786. The Morgan fingerprint density at radius 1 is 1.27 bits per heavy atom. The third-order valence-corrected chi connectivity index (χ3v) is 5.11. The zero-order valence-electron chi connectivity index (χ0n) is 13.3. The lowest BCUT2D eigenvalue weighted by atomic mass is 9.95. The van der Waals surface area contributed by atoms with E-state index in [0.717, 1.165) is 11.3 Å². The predicted molar refractivity (Wildman–Crippen MR) is 94.2 cm³/mol. The molecule has 0 aliphatic carbocycles. The second kappa shape index (κ2) is 7.97. The van der Waals surface area contributed by atoms with Crippen molar-refractivity contribution in [2.24, 2.45) is 0 Å². The molecule has 1 aliphatic rings. The monoisotopic (exact) mass is 400 g/mol. The van der Waals surface area contributed by atoms with Crippen molar-refractivity contribution in [3.8, 4) is 0 Å². The molecule has 0 saturated carbocycles. The van der Waals surface area contributed by atoms with Crippen LogP contribution in [0.3, 0.4) is 0 Å². The predicted octanol–water partition coefficient (Wildman–Crippen LogP) is 0.564. The number of aliphatic hydroxyl groups is 4. The number of aromatic nitrogens is 1. The molecule has 1 aliphatic heterocycles. The summed E-state index contributed by atoms with van der Waals surface area (Å²) in [5, 5.41) is 43.9. The van der Waals surface area contributed by atoms with Crippen molar-refractivity contribution in [2.75, 3.05) is 11.9 Å². The van der Waals surface area contributed by atoms with Crippen LogP contribution in [0.4, 0.5) is 5.69 Å². The highest BCUT2D eigenvalue weighted by molar-refractivity contribution is 7.09. The number of hydrogen-bond acceptors (Lipinski definition) is 8. The number of halogens is 1. The van der Waals surface area contributed by atoms with Crippen LogP contribution in [0.2, 0.25) is 5.02 Å². The van der Waals surface area contributed by atoms with Gasteiger partial charge in [0.1, 0.15) is 41.2 Å². The Balaban J connectivity index is 1.75. The maximum Gasteiger partial charge on any atom is 0.275 e. The summed E-state index contributed by atoms with van der Waals surface area (Å²) >= 11 is 6.94. The number of aliphatic hydroxyl groups excluding tert-OH is 4. The summed E-state index contributed by atoms with van der Waals surface area (Å²) in [7, 11) is 0. The van der Waals surface area contributed by atoms with Crippen molar-refractivity contribution in [1.29, 1.82) is 0 Å². The molecule has 2 heterocycles. The van der Waals surface area contributed by atoms with Gasteiger partial charge in [0, 0.05) is 16.1 Å². The van der Waals surface area contributed by atoms with Crippen LogP contribution in [0.5, 0.6) is 0 Å². The fourth-order valence-corrected chi connectivity index (χ4v) is 3.65. The molecule has 1 fully saturated rings. The minimum Gasteiger partial charge on any atom is -0.394 e. The molecule has 10 heteroatoms. The smallest absolute Gasteiger partial charge is 0.275 e. The molecule has 3 rings (SSSR count). The summed E-state index contributed by atoms with van der Waals surface area (Å²) in [6.07, 6.45) is -6.49. The van der Waals surface area contributed by atoms with Crippen LogP contribution in [-0.2, 0) is 4.74 Å². The molecular weight excluding hydrogens is 384 g/mol. The van der Waals surface area contributed by atoms with E-state index in [4.69, 9.17) is 16.3 Å². The van der Waals surface area contributed by atoms with Gasteiger partial charge in [0.2, 0.25) is 0 Å². The van der Waals surface area contributed by atoms with Gasteiger partial charge in [-0.1, -0.05) is 17.7 Å². The molecule has 0 spiro atoms. The van der Waals surface area contributed by atoms with Crippen LogP contribution in [0.15, 0.2) is 29.6 Å². The summed E-state index contributed by atoms with van der Waals surface area (Å²) in [5.41, 5.74) is 0.604. The molecule has 0 radical (unpaired) electrons. The van der Waals surface area contributed by atoms with Gasteiger partial charge in [-0.2, -0.15) is 0 Å². The van der Waals surface area contributed by atoms with Gasteiger partial charge in [0.05, 0.1) is 6.61 Å². The topological polar surface area (TPSA) is 132 Å². The third kappa shape index (κ3) is 3.89. The van der Waals surface area contributed by atoms with E-state index in [1.54, 1.807) is 24.3 Å². The van der Waals surface area contributed by atoms with Crippen molar-refractivity contribution in [3.63, 3.8) is 0 Å². The highest BCUT2D eigenvalue weighted by Crippen LogP contribution is 2.34. The zero-order chi connectivity index (χ0) is 18.8. The standard InChI is InChI=1S/C16H17ClN2O6S/c17-7-2-1-3-8(4-7)18-15(24)9-6-26-16(19-9)14-13(23)12(22)11(21)10(5-20)25-14/h1-4,6,10-14,20-23H,5H2,(H,18,24)/t10-,11+,12+,13-,14-/m1/s1. The molecular formula is C16H17ClN2O6S. The molecule has 0 bridgehead atoms. The number of benzene rings is 1. The van der Waals surface area contributed by atoms with Crippen molar-refractivity contribution in [2.45, 2.75) is 30.5 Å². The van der Waals surface area contributed by atoms with Gasteiger partial charge in [0.25, 0.3) is 5.91 Å². The first kappa shape index (κ1) is 19.2. The molecule has 8 nitrogen and oxygen atoms in total. The Labute approximate surface area is 157 Å². The number of carbonyl (C=O) groups is 1. The van der Waals surface area contributed by atoms with Crippen molar-refractivity contribution < 1.29 is 30.0 Å². The lowest BCUT2D eigenvalue weighted by Gasteiger charge is -2.39. The van der Waals surface area contributed by atoms with E-state index >= 15 is 0 Å². The minimum atomic E-state index is -1.50. The summed E-state index contributed by atoms with van der Waals surface area (Å²) in [6.45, 7) is -0.533. The lowest BCUT2D eigenvalue weighted by Crippen LogP contribution is -2.55. The third-order valence-electron chi connectivity index (χ3n) is 3.97. The first-order chi connectivity index (χ1) is 12.4. The molecule has 5 N–H and O–H groups in total. The first-order valence-electron chi connectivity index (χ1n) is 7.73. The van der Waals surface area contributed by atoms with Crippen molar-refractivity contribution >= 4 is 34.5 Å². The van der Waals surface area contributed by atoms with Crippen LogP contribution in [0, 0.1) is 0 Å². The SMILES string of the molecule is O=C(Nc1cccc(Cl)c1)c1csc([C@@H]2O[C@H](CO)[C@H](O)[C@H](O)[C@H]2O)n1. The number of rotatable bonds is 4. The number of nitrogens with zero attached hydrogens (tertiary/aromatic N) is 1. The largest absolute Gasteiger partial charge is 0.394 e. The molecule has 5 atom stereocenters. The van der Waals surface area contributed by atoms with E-state index in [1.807, 2.05) is 0 Å². The molecule has 26 heavy (non-hydrogen) atoms. The van der Waals surface area contributed by atoms with Crippen molar-refractivity contribution in [3.05, 3.63) is 45.4 Å². The number of carbonyl (C=O) groups excluding carboxylic acids is 1. The van der Waals surface area contributed by atoms with Crippen molar-refractivity contribution in [1.82, 2.24) is 4.98 Å². The van der Waals surface area contributed by atoms with Gasteiger partial charge in [-0.05, 0) is 18.2 Å². The van der Waals surface area contributed by atoms with Crippen LogP contribution >= 0.6 is 22.9 Å². The fourth-order valence-electron chi connectivity index (χ4n) is 2.59. The van der Waals surface area contributed by atoms with E-state index in [-0.39, 0.29) is 10.7 Å². The Morgan fingerprint density at radius 2 is 2.04 bits per heavy atom. The molecule has 0 unspecified atom stereocenters. The fraction of sp³-hybridized carbons (Fsp3) is 0.375. The summed E-state index contributed by atoms with van der Waals surface area (Å²) in [5.74, 6) is -0.473. The number of nitrogens with one attached hydrogen (secondary N) is 1. The zero-order valence-corrected chi connectivity index (χ0v) is 14.9. The van der Waals surface area contributed by atoms with Gasteiger partial charge >= 0.3 is 0 Å². The minimum absolute atomic E-state index is 0.0990. The quantitative estimate of drug-likeness (QED) is 0.506. The molecule has 2 aromatic rings. The van der Waals surface area contributed by atoms with Gasteiger partial charge in [-0.15, -0.1) is 11.3 Å². The van der Waals surface area contributed by atoms with Crippen LogP contribution in [0.1, 0.15) is 21.6 Å². The van der Waals surface area contributed by atoms with E-state index in [2.05, 4.69) is 10.3 Å². The normalized spacial score (nSPS) is 28.7. The van der Waals surface area contributed by atoms with E-state index in [9.17, 15) is 25.2 Å². The molecule has 140 valence electrons. The number of amides is 1. The maximum absolute atomic E-state index is 12.3. The number of hydrogen-bond donors (Lipinski definition) is 5. The summed E-state index contributed by atoms with van der Waals surface area (Å²) in [4.78, 5) is 16.4. The average Bonchev–Trinajstić information content (AvgIpc) is 3.10. The summed E-state index contributed by atoms with van der Waals surface area (Å²) < 4.78 is 5.43. The van der Waals surface area contributed by atoms with E-state index in [1.165, 1.54) is 5.38 Å². The van der Waals surface area contributed by atoms with Gasteiger partial charge in [0.15, 0.2) is 0 Å². The van der Waals surface area contributed by atoms with Crippen LogP contribution < -0.4 is 5.32 Å². The number of ether oxygens (including phenoxy) is 1. The summed E-state index contributed by atoms with van der Waals surface area (Å²) in [6, 6.07) is 6.63. The number of anilines is 1. The average molecular weight is 401 g/mol. The maximum atomic E-state index is 12.3. The van der Waals surface area contributed by atoms with E-state index in [0.29, 0.717) is 10.7 Å². The highest BCUT2D eigenvalue weighted by Gasteiger charge is 2.45. The molecule has 1 saturated heterocycles. The van der Waals surface area contributed by atoms with Gasteiger partial charge in [-0.3, -0.25) is 4.79 Å². The lowest BCUT2D eigenvalue weighted by molar-refractivity contribution is -0.231. The van der Waals surface area contributed by atoms with E-state index < -0.39 is 43.0 Å². The Morgan fingerprint density at radius 3 is 2.73 bits per heavy atom. The molecule has 1 aromatic heterocycles. The van der Waals surface area contributed by atoms with Gasteiger partial charge < -0.3 is 30.5 Å². The Kier molecular flexibility index (Phi) is 5.88. The highest BCUT2D eigenvalue weighted by atomic mass is 35.5. The van der Waals surface area contributed by atoms with Crippen LogP contribution in [-0.4, -0.2) is 62.3 Å². The second-order valence-corrected chi connectivity index (χ2v) is 7.11. The van der Waals surface area contributed by atoms with Crippen LogP contribution in [0.25, 0.3) is 0 Å². The van der Waals surface area contributed by atoms with Gasteiger partial charge in [-0.25, -0.2) is 4.98 Å². The number of thiazole rings is 1. The molecule has 1 amide bonds.